The minimum Gasteiger partial charge on any atom is -0.508 e. The number of methoxy groups -OCH3 is 1. The molecule has 4 aromatic rings. The normalized spacial score (nSPS) is 13.3. The minimum absolute atomic E-state index is 0.0894. The van der Waals surface area contributed by atoms with E-state index in [0.29, 0.717) is 39.7 Å². The van der Waals surface area contributed by atoms with Gasteiger partial charge in [-0.1, -0.05) is 12.1 Å². The number of aromatic nitrogens is 2. The zero-order chi connectivity index (χ0) is 28.2. The number of primary amides is 1. The van der Waals surface area contributed by atoms with Gasteiger partial charge in [0.25, 0.3) is 11.8 Å². The highest BCUT2D eigenvalue weighted by molar-refractivity contribution is 5.98. The number of fused-ring (bicyclic) bond motifs is 7. The van der Waals surface area contributed by atoms with Gasteiger partial charge in [0, 0.05) is 42.2 Å². The molecule has 11 heteroatoms. The van der Waals surface area contributed by atoms with E-state index in [1.807, 2.05) is 16.7 Å². The molecule has 11 nitrogen and oxygen atoms in total. The Labute approximate surface area is 229 Å². The average Bonchev–Trinajstić information content (AvgIpc) is 3.45. The van der Waals surface area contributed by atoms with Gasteiger partial charge in [0.1, 0.15) is 17.6 Å². The van der Waals surface area contributed by atoms with Gasteiger partial charge in [0.05, 0.1) is 7.11 Å². The van der Waals surface area contributed by atoms with Crippen LogP contribution in [0.4, 0.5) is 0 Å². The van der Waals surface area contributed by atoms with Crippen LogP contribution in [-0.2, 0) is 22.6 Å². The molecule has 1 aliphatic rings. The number of nitrogens with one attached hydrogen (secondary N) is 2. The molecule has 0 unspecified atom stereocenters. The Kier molecular flexibility index (Phi) is 7.36. The van der Waals surface area contributed by atoms with Crippen LogP contribution in [0.1, 0.15) is 21.5 Å². The maximum atomic E-state index is 13.4. The topological polar surface area (TPSA) is 158 Å². The fourth-order valence-corrected chi connectivity index (χ4v) is 4.43. The number of benzene rings is 3. The lowest BCUT2D eigenvalue weighted by Gasteiger charge is -2.17. The zero-order valence-electron chi connectivity index (χ0n) is 21.6. The molecule has 0 saturated heterocycles. The third kappa shape index (κ3) is 5.73. The maximum absolute atomic E-state index is 13.4. The molecule has 0 spiro atoms. The van der Waals surface area contributed by atoms with E-state index in [1.165, 1.54) is 19.2 Å². The summed E-state index contributed by atoms with van der Waals surface area (Å²) in [6.45, 7) is -0.110. The van der Waals surface area contributed by atoms with Crippen LogP contribution in [0.3, 0.4) is 0 Å². The monoisotopic (exact) mass is 541 g/mol. The molecule has 5 N–H and O–H groups in total. The smallest absolute Gasteiger partial charge is 0.258 e. The third-order valence-electron chi connectivity index (χ3n) is 6.45. The second kappa shape index (κ2) is 11.2. The van der Waals surface area contributed by atoms with E-state index < -0.39 is 17.9 Å². The van der Waals surface area contributed by atoms with E-state index >= 15 is 0 Å². The number of imidazole rings is 1. The Hall–Kier alpha value is -5.32. The van der Waals surface area contributed by atoms with Gasteiger partial charge in [0.2, 0.25) is 5.91 Å². The fraction of sp³-hybridized carbons (Fsp3) is 0.172. The summed E-state index contributed by atoms with van der Waals surface area (Å²) >= 11 is 0. The molecule has 1 atom stereocenters. The molecule has 1 aromatic heterocycles. The highest BCUT2D eigenvalue weighted by Gasteiger charge is 2.22. The first-order valence-electron chi connectivity index (χ1n) is 12.4. The lowest BCUT2D eigenvalue weighted by Crippen LogP contribution is -2.45. The number of aromatic hydroxyl groups is 1. The summed E-state index contributed by atoms with van der Waals surface area (Å²) in [6.07, 6.45) is 3.55. The van der Waals surface area contributed by atoms with Gasteiger partial charge < -0.3 is 30.9 Å². The first-order chi connectivity index (χ1) is 19.3. The number of rotatable bonds is 6. The van der Waals surface area contributed by atoms with Crippen molar-refractivity contribution in [2.45, 2.75) is 19.0 Å². The molecule has 204 valence electrons. The number of phenolic OH excluding ortho intramolecular Hbond substituents is 1. The highest BCUT2D eigenvalue weighted by atomic mass is 16.5. The van der Waals surface area contributed by atoms with Gasteiger partial charge in [-0.3, -0.25) is 19.0 Å². The SMILES string of the molecule is COc1ccc2cc1OCC(=O)NCc1cc(C(=O)N[C@@H](Cc3ccc(O)cc3)C(N)=O)cc(c1)-n1ccnc1-2. The van der Waals surface area contributed by atoms with Crippen LogP contribution >= 0.6 is 0 Å². The summed E-state index contributed by atoms with van der Waals surface area (Å²) in [5, 5.41) is 15.0. The number of phenols is 1. The van der Waals surface area contributed by atoms with Crippen LogP contribution in [0.15, 0.2) is 73.1 Å². The molecule has 2 heterocycles. The molecule has 3 amide bonds. The molecule has 3 aromatic carbocycles. The summed E-state index contributed by atoms with van der Waals surface area (Å²) < 4.78 is 12.9. The summed E-state index contributed by atoms with van der Waals surface area (Å²) in [4.78, 5) is 42.6. The molecule has 0 aliphatic carbocycles. The van der Waals surface area contributed by atoms with E-state index in [1.54, 1.807) is 48.8 Å². The van der Waals surface area contributed by atoms with Crippen molar-refractivity contribution in [1.82, 2.24) is 20.2 Å². The van der Waals surface area contributed by atoms with Gasteiger partial charge in [-0.2, -0.15) is 0 Å². The molecule has 40 heavy (non-hydrogen) atoms. The quantitative estimate of drug-likeness (QED) is 0.291. The Morgan fingerprint density at radius 3 is 2.73 bits per heavy atom. The van der Waals surface area contributed by atoms with E-state index in [-0.39, 0.29) is 36.8 Å². The Morgan fingerprint density at radius 1 is 1.18 bits per heavy atom. The van der Waals surface area contributed by atoms with Crippen LogP contribution in [0.5, 0.6) is 17.2 Å². The van der Waals surface area contributed by atoms with E-state index in [0.717, 1.165) is 0 Å². The van der Waals surface area contributed by atoms with Gasteiger partial charge in [-0.05, 0) is 59.7 Å². The average molecular weight is 542 g/mol. The number of hydrogen-bond acceptors (Lipinski definition) is 7. The number of carbonyl (C=O) groups excluding carboxylic acids is 3. The molecular formula is C29H27N5O6. The van der Waals surface area contributed by atoms with Crippen molar-refractivity contribution in [3.8, 4) is 34.3 Å². The van der Waals surface area contributed by atoms with Crippen LogP contribution in [-0.4, -0.2) is 52.1 Å². The Morgan fingerprint density at radius 2 is 1.98 bits per heavy atom. The molecule has 0 saturated carbocycles. The van der Waals surface area contributed by atoms with Crippen molar-refractivity contribution in [3.63, 3.8) is 0 Å². The summed E-state index contributed by atoms with van der Waals surface area (Å²) in [7, 11) is 1.52. The van der Waals surface area contributed by atoms with Gasteiger partial charge >= 0.3 is 0 Å². The third-order valence-corrected chi connectivity index (χ3v) is 6.45. The van der Waals surface area contributed by atoms with E-state index in [2.05, 4.69) is 15.6 Å². The molecule has 1 aliphatic heterocycles. The van der Waals surface area contributed by atoms with Gasteiger partial charge in [-0.15, -0.1) is 0 Å². The predicted molar refractivity (Wildman–Crippen MR) is 145 cm³/mol. The van der Waals surface area contributed by atoms with Crippen molar-refractivity contribution in [2.24, 2.45) is 5.73 Å². The molecular weight excluding hydrogens is 514 g/mol. The van der Waals surface area contributed by atoms with Crippen LogP contribution in [0.25, 0.3) is 17.1 Å². The standard InChI is InChI=1S/C29H27N5O6/c1-39-24-7-4-19-14-25(24)40-16-26(36)32-15-18-10-20(13-21(11-18)34-9-8-31-28(19)34)29(38)33-23(27(30)37)12-17-2-5-22(35)6-3-17/h2-11,13-14,23,35H,12,15-16H2,1H3,(H2,30,37)(H,32,36)(H,33,38)/t23-/m0/s1. The number of nitrogens with zero attached hydrogens (tertiary/aromatic N) is 2. The Balaban J connectivity index is 1.51. The van der Waals surface area contributed by atoms with Crippen LogP contribution in [0.2, 0.25) is 0 Å². The molecule has 4 bridgehead atoms. The highest BCUT2D eigenvalue weighted by Crippen LogP contribution is 2.33. The second-order valence-electron chi connectivity index (χ2n) is 9.24. The van der Waals surface area contributed by atoms with Crippen molar-refractivity contribution in [3.05, 3.63) is 89.7 Å². The summed E-state index contributed by atoms with van der Waals surface area (Å²) in [5.41, 5.74) is 8.56. The molecule has 0 fully saturated rings. The number of nitrogens with two attached hydrogens (primary N) is 1. The number of amides is 3. The van der Waals surface area contributed by atoms with Crippen molar-refractivity contribution >= 4 is 17.7 Å². The first-order valence-corrected chi connectivity index (χ1v) is 12.4. The summed E-state index contributed by atoms with van der Waals surface area (Å²) in [6, 6.07) is 15.7. The maximum Gasteiger partial charge on any atom is 0.258 e. The number of hydrogen-bond donors (Lipinski definition) is 4. The van der Waals surface area contributed by atoms with Gasteiger partial charge in [-0.25, -0.2) is 4.98 Å². The zero-order valence-corrected chi connectivity index (χ0v) is 21.6. The number of ether oxygens (including phenoxy) is 2. The lowest BCUT2D eigenvalue weighted by atomic mass is 10.0. The van der Waals surface area contributed by atoms with Crippen LogP contribution in [0, 0.1) is 0 Å². The van der Waals surface area contributed by atoms with Crippen molar-refractivity contribution in [1.29, 1.82) is 0 Å². The fourth-order valence-electron chi connectivity index (χ4n) is 4.43. The lowest BCUT2D eigenvalue weighted by molar-refractivity contribution is -0.123. The molecule has 0 radical (unpaired) electrons. The predicted octanol–water partition coefficient (Wildman–Crippen LogP) is 2.09. The van der Waals surface area contributed by atoms with Crippen LogP contribution < -0.4 is 25.8 Å². The first kappa shape index (κ1) is 26.3. The molecule has 5 rings (SSSR count). The van der Waals surface area contributed by atoms with E-state index in [4.69, 9.17) is 15.2 Å². The van der Waals surface area contributed by atoms with E-state index in [9.17, 15) is 19.5 Å². The van der Waals surface area contributed by atoms with Crippen molar-refractivity contribution < 1.29 is 29.0 Å². The van der Waals surface area contributed by atoms with Gasteiger partial charge in [0.15, 0.2) is 18.1 Å². The summed E-state index contributed by atoms with van der Waals surface area (Å²) in [5.74, 6) is -0.0390. The minimum atomic E-state index is -0.989. The largest absolute Gasteiger partial charge is 0.508 e. The Bertz CT molecular complexity index is 1580. The number of carbonyl (C=O) groups is 3. The van der Waals surface area contributed by atoms with Crippen molar-refractivity contribution in [2.75, 3.05) is 13.7 Å². The second-order valence-corrected chi connectivity index (χ2v) is 9.24.